The Bertz CT molecular complexity index is 1610. The fourth-order valence-corrected chi connectivity index (χ4v) is 6.93. The second kappa shape index (κ2) is 26.4. The van der Waals surface area contributed by atoms with Crippen molar-refractivity contribution in [3.63, 3.8) is 0 Å². The van der Waals surface area contributed by atoms with Crippen molar-refractivity contribution >= 4 is 29.5 Å². The Kier molecular flexibility index (Phi) is 21.7. The largest absolute Gasteiger partial charge is 0.508 e. The summed E-state index contributed by atoms with van der Waals surface area (Å²) in [6.07, 6.45) is 5.34. The number of carbonyl (C=O) groups is 5. The molecule has 2 aromatic rings. The lowest BCUT2D eigenvalue weighted by Crippen LogP contribution is -2.57. The number of phenolic OH excluding ortho intramolecular Hbond substituents is 1. The predicted octanol–water partition coefficient (Wildman–Crippen LogP) is -0.200. The summed E-state index contributed by atoms with van der Waals surface area (Å²) in [5, 5.41) is 40.7. The van der Waals surface area contributed by atoms with Gasteiger partial charge in [0.2, 0.25) is 29.5 Å². The molecule has 11 N–H and O–H groups in total. The van der Waals surface area contributed by atoms with Crippen molar-refractivity contribution in [2.45, 2.75) is 94.4 Å². The fourth-order valence-electron chi connectivity index (χ4n) is 6.93. The molecule has 16 heteroatoms. The first kappa shape index (κ1) is 47.8. The third kappa shape index (κ3) is 16.3. The van der Waals surface area contributed by atoms with Crippen LogP contribution in [0.3, 0.4) is 0 Å². The lowest BCUT2D eigenvalue weighted by Gasteiger charge is -2.25. The third-order valence-corrected chi connectivity index (χ3v) is 10.5. The van der Waals surface area contributed by atoms with Crippen molar-refractivity contribution in [2.75, 3.05) is 68.0 Å². The molecular formula is C42H68N10O6. The summed E-state index contributed by atoms with van der Waals surface area (Å²) >= 11 is 0. The Morgan fingerprint density at radius 3 is 2.24 bits per heavy atom. The molecule has 0 saturated heterocycles. The molecule has 0 radical (unpaired) electrons. The highest BCUT2D eigenvalue weighted by Crippen LogP contribution is 2.28. The number of benzene rings is 2. The number of hydrogen-bond donors (Lipinski definition) is 11. The molecule has 0 aromatic heterocycles. The van der Waals surface area contributed by atoms with E-state index in [1.165, 1.54) is 0 Å². The van der Waals surface area contributed by atoms with Gasteiger partial charge in [0.1, 0.15) is 17.8 Å². The maximum absolute atomic E-state index is 13.8. The Balaban J connectivity index is 1.59. The van der Waals surface area contributed by atoms with Crippen molar-refractivity contribution in [1.82, 2.24) is 53.2 Å². The second-order valence-electron chi connectivity index (χ2n) is 14.9. The van der Waals surface area contributed by atoms with Gasteiger partial charge < -0.3 is 58.3 Å². The summed E-state index contributed by atoms with van der Waals surface area (Å²) in [4.78, 5) is 66.5. The molecule has 0 fully saturated rings. The van der Waals surface area contributed by atoms with Gasteiger partial charge in [-0.05, 0) is 128 Å². The van der Waals surface area contributed by atoms with E-state index in [-0.39, 0.29) is 55.5 Å². The monoisotopic (exact) mass is 809 g/mol. The van der Waals surface area contributed by atoms with Gasteiger partial charge in [-0.3, -0.25) is 24.0 Å². The fraction of sp³-hybridized carbons (Fsp3) is 0.595. The maximum Gasteiger partial charge on any atom is 0.243 e. The van der Waals surface area contributed by atoms with E-state index in [1.54, 1.807) is 33.3 Å². The van der Waals surface area contributed by atoms with Crippen molar-refractivity contribution in [3.8, 4) is 16.9 Å². The molecule has 0 spiro atoms. The lowest BCUT2D eigenvalue weighted by molar-refractivity contribution is -0.132. The van der Waals surface area contributed by atoms with Gasteiger partial charge in [-0.1, -0.05) is 30.3 Å². The number of aromatic hydroxyl groups is 1. The number of carbonyl (C=O) groups excluding carboxylic acids is 5. The van der Waals surface area contributed by atoms with Crippen molar-refractivity contribution in [2.24, 2.45) is 0 Å². The topological polar surface area (TPSA) is 226 Å². The van der Waals surface area contributed by atoms with Crippen LogP contribution in [0.4, 0.5) is 0 Å². The number of hydrogen-bond acceptors (Lipinski definition) is 11. The molecular weight excluding hydrogens is 741 g/mol. The van der Waals surface area contributed by atoms with Gasteiger partial charge in [0.05, 0.1) is 12.1 Å². The summed E-state index contributed by atoms with van der Waals surface area (Å²) < 4.78 is 0. The number of amides is 5. The zero-order valence-corrected chi connectivity index (χ0v) is 35.0. The van der Waals surface area contributed by atoms with Gasteiger partial charge in [0, 0.05) is 44.9 Å². The first-order chi connectivity index (χ1) is 28.0. The SMILES string of the molecule is CNCCCC(CNC(=O)[C@H](CCCCNC(=O)CCNC(=O)[C@@H]1Cc2cccc(c2)-c2ccc(O)c(c2)C[C@H](NC)C(=O)N[C@@H](CCCNC)C(=O)N1)NC)NC. The quantitative estimate of drug-likeness (QED) is 0.0660. The van der Waals surface area contributed by atoms with Crippen molar-refractivity contribution in [3.05, 3.63) is 53.6 Å². The van der Waals surface area contributed by atoms with E-state index in [2.05, 4.69) is 53.2 Å². The zero-order valence-electron chi connectivity index (χ0n) is 35.0. The maximum atomic E-state index is 13.8. The van der Waals surface area contributed by atoms with E-state index < -0.39 is 35.8 Å². The highest BCUT2D eigenvalue weighted by atomic mass is 16.3. The smallest absolute Gasteiger partial charge is 0.243 e. The molecule has 16 nitrogen and oxygen atoms in total. The molecule has 4 bridgehead atoms. The van der Waals surface area contributed by atoms with Crippen LogP contribution < -0.4 is 53.2 Å². The van der Waals surface area contributed by atoms with Gasteiger partial charge in [-0.15, -0.1) is 0 Å². The van der Waals surface area contributed by atoms with Gasteiger partial charge >= 0.3 is 0 Å². The summed E-state index contributed by atoms with van der Waals surface area (Å²) in [5.74, 6) is -1.56. The molecule has 58 heavy (non-hydrogen) atoms. The van der Waals surface area contributed by atoms with Crippen molar-refractivity contribution < 1.29 is 29.1 Å². The van der Waals surface area contributed by atoms with E-state index in [4.69, 9.17) is 0 Å². The molecule has 5 atom stereocenters. The minimum atomic E-state index is -0.991. The van der Waals surface area contributed by atoms with Gasteiger partial charge in [0.25, 0.3) is 0 Å². The number of fused-ring (bicyclic) bond motifs is 5. The first-order valence-corrected chi connectivity index (χ1v) is 20.7. The summed E-state index contributed by atoms with van der Waals surface area (Å²) in [7, 11) is 9.04. The van der Waals surface area contributed by atoms with Crippen LogP contribution in [-0.4, -0.2) is 133 Å². The van der Waals surface area contributed by atoms with Crippen LogP contribution >= 0.6 is 0 Å². The standard InChI is InChI=1S/C42H68N10O6/c1-43-19-9-13-32(45-3)27-50-39(55)33(46-4)14-6-7-21-48-38(54)18-22-49-40(56)36-24-28-11-8-12-29(23-28)30-16-17-37(53)31(25-30)26-35(47-5)42(58)51-34(41(57)52-36)15-10-20-44-2/h8,11-12,16-17,23,25,32-36,43-47,53H,6-7,9-10,13-15,18-22,24,26-27H2,1-5H3,(H,48,54)(H,49,56)(H,50,55)(H,51,58)(H,52,57)/t32?,33-,34-,35-,36-/m0/s1. The Morgan fingerprint density at radius 2 is 1.52 bits per heavy atom. The molecule has 1 heterocycles. The summed E-state index contributed by atoms with van der Waals surface area (Å²) in [5.41, 5.74) is 3.06. The van der Waals surface area contributed by atoms with Gasteiger partial charge in [0.15, 0.2) is 0 Å². The van der Waals surface area contributed by atoms with E-state index in [9.17, 15) is 29.1 Å². The molecule has 0 aliphatic carbocycles. The van der Waals surface area contributed by atoms with Crippen LogP contribution in [0.2, 0.25) is 0 Å². The van der Waals surface area contributed by atoms with E-state index >= 15 is 0 Å². The number of phenols is 1. The molecule has 3 rings (SSSR count). The first-order valence-electron chi connectivity index (χ1n) is 20.7. The van der Waals surface area contributed by atoms with Crippen LogP contribution in [0.5, 0.6) is 5.75 Å². The average Bonchev–Trinajstić information content (AvgIpc) is 3.22. The van der Waals surface area contributed by atoms with E-state index in [1.807, 2.05) is 44.4 Å². The van der Waals surface area contributed by atoms with E-state index in [0.29, 0.717) is 50.9 Å². The Morgan fingerprint density at radius 1 is 0.759 bits per heavy atom. The van der Waals surface area contributed by atoms with Crippen LogP contribution in [-0.2, 0) is 36.8 Å². The van der Waals surface area contributed by atoms with Gasteiger partial charge in [-0.25, -0.2) is 0 Å². The van der Waals surface area contributed by atoms with Crippen molar-refractivity contribution in [1.29, 1.82) is 0 Å². The highest BCUT2D eigenvalue weighted by Gasteiger charge is 2.30. The Hall–Kier alpha value is -4.61. The average molecular weight is 809 g/mol. The lowest BCUT2D eigenvalue weighted by atomic mass is 9.96. The minimum Gasteiger partial charge on any atom is -0.508 e. The number of unbranched alkanes of at least 4 members (excludes halogenated alkanes) is 1. The van der Waals surface area contributed by atoms with Crippen LogP contribution in [0, 0.1) is 0 Å². The van der Waals surface area contributed by atoms with Crippen LogP contribution in [0.25, 0.3) is 11.1 Å². The number of likely N-dealkylation sites (N-methyl/N-ethyl adjacent to an activating group) is 3. The summed E-state index contributed by atoms with van der Waals surface area (Å²) in [6.45, 7) is 2.60. The third-order valence-electron chi connectivity index (χ3n) is 10.5. The molecule has 1 aliphatic rings. The molecule has 1 unspecified atom stereocenters. The normalized spacial score (nSPS) is 18.1. The molecule has 322 valence electrons. The van der Waals surface area contributed by atoms with Crippen LogP contribution in [0.15, 0.2) is 42.5 Å². The molecule has 5 amide bonds. The number of rotatable bonds is 23. The highest BCUT2D eigenvalue weighted by molar-refractivity contribution is 5.93. The zero-order chi connectivity index (χ0) is 42.3. The second-order valence-corrected chi connectivity index (χ2v) is 14.9. The van der Waals surface area contributed by atoms with Gasteiger partial charge in [-0.2, -0.15) is 0 Å². The Labute approximate surface area is 344 Å². The summed E-state index contributed by atoms with van der Waals surface area (Å²) in [6, 6.07) is 10.1. The molecule has 0 saturated carbocycles. The molecule has 1 aliphatic heterocycles. The number of nitrogens with one attached hydrogen (secondary N) is 10. The van der Waals surface area contributed by atoms with Crippen LogP contribution in [0.1, 0.15) is 62.5 Å². The van der Waals surface area contributed by atoms with E-state index in [0.717, 1.165) is 42.5 Å². The predicted molar refractivity (Wildman–Crippen MR) is 227 cm³/mol. The molecule has 2 aromatic carbocycles. The minimum absolute atomic E-state index is 0.0433.